The minimum atomic E-state index is 0.456. The van der Waals surface area contributed by atoms with Gasteiger partial charge >= 0.3 is 0 Å². The number of rotatable bonds is 2. The standard InChI is InChI=1S/C13H23ClO/c14-13-4-2-1-3-12(10-13)9-11-5-7-15-8-6-11/h11-13H,1-10H2. The number of halogens is 1. The predicted octanol–water partition coefficient (Wildman–Crippen LogP) is 3.99. The van der Waals surface area contributed by atoms with Gasteiger partial charge in [-0.25, -0.2) is 0 Å². The first-order valence-corrected chi connectivity index (χ1v) is 7.00. The van der Waals surface area contributed by atoms with Crippen LogP contribution >= 0.6 is 11.6 Å². The van der Waals surface area contributed by atoms with E-state index >= 15 is 0 Å². The van der Waals surface area contributed by atoms with Crippen molar-refractivity contribution in [2.75, 3.05) is 13.2 Å². The Morgan fingerprint density at radius 1 is 0.933 bits per heavy atom. The molecular weight excluding hydrogens is 208 g/mol. The van der Waals surface area contributed by atoms with Crippen molar-refractivity contribution in [2.24, 2.45) is 11.8 Å². The molecule has 2 atom stereocenters. The molecular formula is C13H23ClO. The van der Waals surface area contributed by atoms with Gasteiger partial charge in [-0.2, -0.15) is 0 Å². The summed E-state index contributed by atoms with van der Waals surface area (Å²) >= 11 is 6.31. The molecule has 0 aromatic heterocycles. The van der Waals surface area contributed by atoms with Crippen LogP contribution in [0.15, 0.2) is 0 Å². The lowest BCUT2D eigenvalue weighted by Gasteiger charge is -2.26. The summed E-state index contributed by atoms with van der Waals surface area (Å²) in [4.78, 5) is 0. The maximum atomic E-state index is 6.31. The molecule has 0 aromatic rings. The molecule has 0 N–H and O–H groups in total. The minimum Gasteiger partial charge on any atom is -0.381 e. The highest BCUT2D eigenvalue weighted by molar-refractivity contribution is 6.20. The topological polar surface area (TPSA) is 9.23 Å². The van der Waals surface area contributed by atoms with Crippen molar-refractivity contribution in [1.82, 2.24) is 0 Å². The molecule has 2 unspecified atom stereocenters. The summed E-state index contributed by atoms with van der Waals surface area (Å²) in [5.74, 6) is 1.82. The first kappa shape index (κ1) is 11.7. The zero-order valence-corrected chi connectivity index (χ0v) is 10.3. The van der Waals surface area contributed by atoms with E-state index in [1.165, 1.54) is 51.4 Å². The zero-order valence-electron chi connectivity index (χ0n) is 9.59. The van der Waals surface area contributed by atoms with Gasteiger partial charge < -0.3 is 4.74 Å². The highest BCUT2D eigenvalue weighted by Crippen LogP contribution is 2.33. The van der Waals surface area contributed by atoms with Crippen LogP contribution < -0.4 is 0 Å². The lowest BCUT2D eigenvalue weighted by molar-refractivity contribution is 0.0577. The predicted molar refractivity (Wildman–Crippen MR) is 64.4 cm³/mol. The first-order chi connectivity index (χ1) is 7.34. The summed E-state index contributed by atoms with van der Waals surface area (Å²) in [5.41, 5.74) is 0. The van der Waals surface area contributed by atoms with Gasteiger partial charge in [-0.15, -0.1) is 11.6 Å². The molecule has 1 heterocycles. The molecule has 0 radical (unpaired) electrons. The molecule has 0 spiro atoms. The third kappa shape index (κ3) is 3.96. The van der Waals surface area contributed by atoms with E-state index in [0.717, 1.165) is 25.0 Å². The maximum absolute atomic E-state index is 6.31. The summed E-state index contributed by atoms with van der Waals surface area (Å²) in [6.07, 6.45) is 10.6. The Bertz CT molecular complexity index is 177. The molecule has 88 valence electrons. The van der Waals surface area contributed by atoms with Crippen LogP contribution in [0.3, 0.4) is 0 Å². The summed E-state index contributed by atoms with van der Waals surface area (Å²) in [5, 5.41) is 0.456. The second-order valence-electron chi connectivity index (χ2n) is 5.27. The second-order valence-corrected chi connectivity index (χ2v) is 5.89. The number of hydrogen-bond donors (Lipinski definition) is 0. The Morgan fingerprint density at radius 2 is 1.67 bits per heavy atom. The second kappa shape index (κ2) is 6.10. The molecule has 0 bridgehead atoms. The molecule has 1 saturated heterocycles. The first-order valence-electron chi connectivity index (χ1n) is 6.56. The third-order valence-corrected chi connectivity index (χ3v) is 4.37. The van der Waals surface area contributed by atoms with Gasteiger partial charge in [0.15, 0.2) is 0 Å². The van der Waals surface area contributed by atoms with Crippen molar-refractivity contribution in [3.8, 4) is 0 Å². The molecule has 0 aromatic carbocycles. The average molecular weight is 231 g/mol. The highest BCUT2D eigenvalue weighted by atomic mass is 35.5. The fourth-order valence-electron chi connectivity index (χ4n) is 3.06. The summed E-state index contributed by atoms with van der Waals surface area (Å²) < 4.78 is 5.41. The van der Waals surface area contributed by atoms with Crippen LogP contribution in [0.4, 0.5) is 0 Å². The number of ether oxygens (including phenoxy) is 1. The van der Waals surface area contributed by atoms with Gasteiger partial charge in [0.05, 0.1) is 0 Å². The Balaban J connectivity index is 1.76. The summed E-state index contributed by atoms with van der Waals surface area (Å²) in [7, 11) is 0. The van der Waals surface area contributed by atoms with Gasteiger partial charge in [-0.05, 0) is 43.9 Å². The molecule has 15 heavy (non-hydrogen) atoms. The molecule has 0 amide bonds. The Labute approximate surface area is 98.5 Å². The molecule has 2 heteroatoms. The van der Waals surface area contributed by atoms with Gasteiger partial charge in [0.1, 0.15) is 0 Å². The van der Waals surface area contributed by atoms with Gasteiger partial charge in [0.2, 0.25) is 0 Å². The SMILES string of the molecule is ClC1CCCCC(CC2CCOCC2)C1. The molecule has 2 fully saturated rings. The van der Waals surface area contributed by atoms with Gasteiger partial charge in [-0.3, -0.25) is 0 Å². The minimum absolute atomic E-state index is 0.456. The van der Waals surface area contributed by atoms with E-state index in [9.17, 15) is 0 Å². The van der Waals surface area contributed by atoms with E-state index in [1.54, 1.807) is 0 Å². The molecule has 1 saturated carbocycles. The number of hydrogen-bond acceptors (Lipinski definition) is 1. The quantitative estimate of drug-likeness (QED) is 0.515. The van der Waals surface area contributed by atoms with E-state index in [0.29, 0.717) is 5.38 Å². The van der Waals surface area contributed by atoms with E-state index in [2.05, 4.69) is 0 Å². The van der Waals surface area contributed by atoms with Crippen molar-refractivity contribution in [3.05, 3.63) is 0 Å². The molecule has 1 aliphatic carbocycles. The van der Waals surface area contributed by atoms with Crippen LogP contribution in [0, 0.1) is 11.8 Å². The van der Waals surface area contributed by atoms with E-state index in [1.807, 2.05) is 0 Å². The Kier molecular flexibility index (Phi) is 4.77. The molecule has 2 rings (SSSR count). The van der Waals surface area contributed by atoms with Gasteiger partial charge in [-0.1, -0.05) is 19.3 Å². The fraction of sp³-hybridized carbons (Fsp3) is 1.00. The molecule has 1 nitrogen and oxygen atoms in total. The fourth-order valence-corrected chi connectivity index (χ4v) is 3.47. The Morgan fingerprint density at radius 3 is 2.47 bits per heavy atom. The van der Waals surface area contributed by atoms with Crippen molar-refractivity contribution in [3.63, 3.8) is 0 Å². The monoisotopic (exact) mass is 230 g/mol. The van der Waals surface area contributed by atoms with Crippen molar-refractivity contribution >= 4 is 11.6 Å². The van der Waals surface area contributed by atoms with E-state index in [4.69, 9.17) is 16.3 Å². The molecule has 2 aliphatic rings. The lowest BCUT2D eigenvalue weighted by atomic mass is 9.85. The zero-order chi connectivity index (χ0) is 10.5. The van der Waals surface area contributed by atoms with Crippen molar-refractivity contribution < 1.29 is 4.74 Å². The van der Waals surface area contributed by atoms with Crippen LogP contribution in [-0.4, -0.2) is 18.6 Å². The normalized spacial score (nSPS) is 35.0. The van der Waals surface area contributed by atoms with Crippen LogP contribution in [-0.2, 0) is 4.74 Å². The van der Waals surface area contributed by atoms with E-state index in [-0.39, 0.29) is 0 Å². The molecule has 1 aliphatic heterocycles. The summed E-state index contributed by atoms with van der Waals surface area (Å²) in [6, 6.07) is 0. The largest absolute Gasteiger partial charge is 0.381 e. The maximum Gasteiger partial charge on any atom is 0.0468 e. The van der Waals surface area contributed by atoms with E-state index < -0.39 is 0 Å². The number of alkyl halides is 1. The average Bonchev–Trinajstić information content (AvgIpc) is 2.44. The summed E-state index contributed by atoms with van der Waals surface area (Å²) in [6.45, 7) is 1.98. The third-order valence-electron chi connectivity index (χ3n) is 3.98. The highest BCUT2D eigenvalue weighted by Gasteiger charge is 2.23. The van der Waals surface area contributed by atoms with Gasteiger partial charge in [0.25, 0.3) is 0 Å². The van der Waals surface area contributed by atoms with Crippen molar-refractivity contribution in [1.29, 1.82) is 0 Å². The lowest BCUT2D eigenvalue weighted by Crippen LogP contribution is -2.19. The van der Waals surface area contributed by atoms with Gasteiger partial charge in [0, 0.05) is 18.6 Å². The van der Waals surface area contributed by atoms with Crippen LogP contribution in [0.5, 0.6) is 0 Å². The van der Waals surface area contributed by atoms with Crippen LogP contribution in [0.1, 0.15) is 51.4 Å². The smallest absolute Gasteiger partial charge is 0.0468 e. The van der Waals surface area contributed by atoms with Crippen LogP contribution in [0.2, 0.25) is 0 Å². The Hall–Kier alpha value is 0.250. The van der Waals surface area contributed by atoms with Crippen molar-refractivity contribution in [2.45, 2.75) is 56.7 Å². The van der Waals surface area contributed by atoms with Crippen LogP contribution in [0.25, 0.3) is 0 Å².